The molecule has 59 valence electrons. The molecule has 0 saturated heterocycles. The molecule has 0 N–H and O–H groups in total. The summed E-state index contributed by atoms with van der Waals surface area (Å²) in [5, 5.41) is 11.7. The van der Waals surface area contributed by atoms with E-state index < -0.39 is 0 Å². The van der Waals surface area contributed by atoms with Crippen LogP contribution < -0.4 is 0 Å². The van der Waals surface area contributed by atoms with E-state index in [0.717, 1.165) is 16.5 Å². The van der Waals surface area contributed by atoms with Crippen molar-refractivity contribution in [1.82, 2.24) is 4.98 Å². The summed E-state index contributed by atoms with van der Waals surface area (Å²) in [6.45, 7) is -0.200. The van der Waals surface area contributed by atoms with E-state index in [0.29, 0.717) is 0 Å². The van der Waals surface area contributed by atoms with Gasteiger partial charge in [-0.3, -0.25) is 4.98 Å². The van der Waals surface area contributed by atoms with Crippen molar-refractivity contribution in [2.75, 3.05) is 0 Å². The first kappa shape index (κ1) is 7.25. The molecule has 2 heteroatoms. The highest BCUT2D eigenvalue weighted by Crippen LogP contribution is 2.15. The van der Waals surface area contributed by atoms with Crippen molar-refractivity contribution < 1.29 is 5.11 Å². The van der Waals surface area contributed by atoms with E-state index in [9.17, 15) is 5.11 Å². The molecule has 0 fully saturated rings. The number of rotatable bonds is 1. The fourth-order valence-electron chi connectivity index (χ4n) is 1.28. The topological polar surface area (TPSA) is 32.8 Å². The van der Waals surface area contributed by atoms with Crippen LogP contribution in [0.15, 0.2) is 36.5 Å². The van der Waals surface area contributed by atoms with Crippen molar-refractivity contribution in [1.29, 1.82) is 0 Å². The minimum Gasteiger partial charge on any atom is -0.256 e. The van der Waals surface area contributed by atoms with E-state index >= 15 is 0 Å². The Bertz CT molecular complexity index is 392. The zero-order chi connectivity index (χ0) is 8.39. The predicted molar refractivity (Wildman–Crippen MR) is 46.1 cm³/mol. The van der Waals surface area contributed by atoms with E-state index in [1.165, 1.54) is 0 Å². The third kappa shape index (κ3) is 1.06. The first-order valence-corrected chi connectivity index (χ1v) is 3.82. The van der Waals surface area contributed by atoms with Gasteiger partial charge in [0.2, 0.25) is 0 Å². The van der Waals surface area contributed by atoms with Gasteiger partial charge in [0, 0.05) is 17.1 Å². The average Bonchev–Trinajstić information content (AvgIpc) is 2.17. The van der Waals surface area contributed by atoms with E-state index in [-0.39, 0.29) is 6.61 Å². The Balaban J connectivity index is 2.79. The van der Waals surface area contributed by atoms with Crippen molar-refractivity contribution >= 4 is 10.9 Å². The number of hydrogen-bond donors (Lipinski definition) is 0. The van der Waals surface area contributed by atoms with Gasteiger partial charge in [0.1, 0.15) is 6.61 Å². The van der Waals surface area contributed by atoms with Crippen LogP contribution in [0.3, 0.4) is 0 Å². The lowest BCUT2D eigenvalue weighted by Gasteiger charge is -1.99. The maximum atomic E-state index is 10.7. The second-order valence-corrected chi connectivity index (χ2v) is 2.64. The average molecular weight is 158 g/mol. The van der Waals surface area contributed by atoms with Crippen molar-refractivity contribution in [3.63, 3.8) is 0 Å². The van der Waals surface area contributed by atoms with Crippen molar-refractivity contribution in [2.24, 2.45) is 0 Å². The van der Waals surface area contributed by atoms with Crippen LogP contribution in [0.5, 0.6) is 0 Å². The molecule has 12 heavy (non-hydrogen) atoms. The number of pyridine rings is 1. The zero-order valence-corrected chi connectivity index (χ0v) is 6.53. The standard InChI is InChI=1S/C10H8NO/c12-7-9-4-1-3-8-5-2-6-11-10(8)9/h1-6H,7H2. The summed E-state index contributed by atoms with van der Waals surface area (Å²) in [6.07, 6.45) is 1.71. The summed E-state index contributed by atoms with van der Waals surface area (Å²) >= 11 is 0. The lowest BCUT2D eigenvalue weighted by atomic mass is 10.1. The molecule has 0 spiro atoms. The number of benzene rings is 1. The van der Waals surface area contributed by atoms with Gasteiger partial charge in [-0.1, -0.05) is 24.3 Å². The van der Waals surface area contributed by atoms with Gasteiger partial charge in [-0.15, -0.1) is 0 Å². The van der Waals surface area contributed by atoms with Gasteiger partial charge >= 0.3 is 0 Å². The maximum Gasteiger partial charge on any atom is 0.109 e. The first-order chi connectivity index (χ1) is 5.92. The van der Waals surface area contributed by atoms with Crippen molar-refractivity contribution in [3.8, 4) is 0 Å². The number of para-hydroxylation sites is 1. The highest BCUT2D eigenvalue weighted by atomic mass is 16.3. The Hall–Kier alpha value is -1.41. The molecule has 0 aliphatic heterocycles. The fraction of sp³-hybridized carbons (Fsp3) is 0.100. The van der Waals surface area contributed by atoms with Crippen molar-refractivity contribution in [2.45, 2.75) is 6.61 Å². The molecular formula is C10H8NO. The van der Waals surface area contributed by atoms with Gasteiger partial charge in [0.05, 0.1) is 5.52 Å². The Labute approximate surface area is 70.5 Å². The maximum absolute atomic E-state index is 10.7. The summed E-state index contributed by atoms with van der Waals surface area (Å²) in [5.41, 5.74) is 1.60. The van der Waals surface area contributed by atoms with Crippen LogP contribution in [0.4, 0.5) is 0 Å². The summed E-state index contributed by atoms with van der Waals surface area (Å²) in [6, 6.07) is 9.50. The van der Waals surface area contributed by atoms with Crippen LogP contribution >= 0.6 is 0 Å². The quantitative estimate of drug-likeness (QED) is 0.626. The molecule has 0 unspecified atom stereocenters. The van der Waals surface area contributed by atoms with Crippen molar-refractivity contribution in [3.05, 3.63) is 42.1 Å². The van der Waals surface area contributed by atoms with Gasteiger partial charge in [0.15, 0.2) is 0 Å². The smallest absolute Gasteiger partial charge is 0.109 e. The van der Waals surface area contributed by atoms with Crippen LogP contribution in [0.25, 0.3) is 10.9 Å². The predicted octanol–water partition coefficient (Wildman–Crippen LogP) is 2.17. The molecule has 1 radical (unpaired) electrons. The second kappa shape index (κ2) is 2.91. The third-order valence-corrected chi connectivity index (χ3v) is 1.87. The minimum absolute atomic E-state index is 0.200. The monoisotopic (exact) mass is 158 g/mol. The van der Waals surface area contributed by atoms with Gasteiger partial charge in [-0.2, -0.15) is 0 Å². The largest absolute Gasteiger partial charge is 0.256 e. The molecule has 1 heterocycles. The molecule has 0 saturated carbocycles. The molecule has 1 aromatic carbocycles. The van der Waals surface area contributed by atoms with Crippen LogP contribution in [0.2, 0.25) is 0 Å². The molecule has 2 aromatic rings. The molecule has 0 aliphatic rings. The van der Waals surface area contributed by atoms with E-state index in [1.807, 2.05) is 30.3 Å². The Kier molecular flexibility index (Phi) is 1.76. The summed E-state index contributed by atoms with van der Waals surface area (Å²) in [5.74, 6) is 0. The van der Waals surface area contributed by atoms with Gasteiger partial charge in [0.25, 0.3) is 0 Å². The lowest BCUT2D eigenvalue weighted by Crippen LogP contribution is -1.86. The van der Waals surface area contributed by atoms with Crippen LogP contribution in [0, 0.1) is 0 Å². The lowest BCUT2D eigenvalue weighted by molar-refractivity contribution is 0.178. The minimum atomic E-state index is -0.200. The molecule has 1 aromatic heterocycles. The highest BCUT2D eigenvalue weighted by molar-refractivity contribution is 5.81. The second-order valence-electron chi connectivity index (χ2n) is 2.64. The number of nitrogens with zero attached hydrogens (tertiary/aromatic N) is 1. The van der Waals surface area contributed by atoms with E-state index in [1.54, 1.807) is 6.20 Å². The molecule has 0 bridgehead atoms. The zero-order valence-electron chi connectivity index (χ0n) is 6.53. The molecule has 0 aliphatic carbocycles. The Morgan fingerprint density at radius 2 is 2.00 bits per heavy atom. The summed E-state index contributed by atoms with van der Waals surface area (Å²) in [7, 11) is 0. The SMILES string of the molecule is [O]Cc1cccc2cccnc12. The van der Waals surface area contributed by atoms with Gasteiger partial charge in [-0.25, -0.2) is 5.11 Å². The fourth-order valence-corrected chi connectivity index (χ4v) is 1.28. The molecular weight excluding hydrogens is 150 g/mol. The van der Waals surface area contributed by atoms with E-state index in [2.05, 4.69) is 4.98 Å². The Morgan fingerprint density at radius 3 is 2.83 bits per heavy atom. The third-order valence-electron chi connectivity index (χ3n) is 1.87. The van der Waals surface area contributed by atoms with Gasteiger partial charge in [-0.05, 0) is 6.07 Å². The first-order valence-electron chi connectivity index (χ1n) is 3.82. The normalized spacial score (nSPS) is 10.4. The molecule has 0 amide bonds. The number of hydrogen-bond acceptors (Lipinski definition) is 1. The summed E-state index contributed by atoms with van der Waals surface area (Å²) < 4.78 is 0. The van der Waals surface area contributed by atoms with Crippen LogP contribution in [-0.2, 0) is 11.7 Å². The van der Waals surface area contributed by atoms with Crippen LogP contribution in [-0.4, -0.2) is 4.98 Å². The van der Waals surface area contributed by atoms with Gasteiger partial charge < -0.3 is 0 Å². The van der Waals surface area contributed by atoms with E-state index in [4.69, 9.17) is 0 Å². The molecule has 0 atom stereocenters. The number of fused-ring (bicyclic) bond motifs is 1. The molecule has 2 rings (SSSR count). The summed E-state index contributed by atoms with van der Waals surface area (Å²) in [4.78, 5) is 4.15. The Morgan fingerprint density at radius 1 is 1.17 bits per heavy atom. The molecule has 2 nitrogen and oxygen atoms in total. The highest BCUT2D eigenvalue weighted by Gasteiger charge is 1.98. The number of aromatic nitrogens is 1. The van der Waals surface area contributed by atoms with Crippen LogP contribution in [0.1, 0.15) is 5.56 Å².